The molecule has 1 fully saturated rings. The molecule has 5 nitrogen and oxygen atoms in total. The van der Waals surface area contributed by atoms with Gasteiger partial charge in [-0.05, 0) is 36.2 Å². The average molecular weight is 317 g/mol. The number of aliphatic carboxylic acids is 1. The number of furan rings is 1. The molecule has 0 unspecified atom stereocenters. The zero-order valence-electron chi connectivity index (χ0n) is 12.2. The zero-order valence-corrected chi connectivity index (χ0v) is 12.2. The highest BCUT2D eigenvalue weighted by Gasteiger charge is 2.46. The molecule has 23 heavy (non-hydrogen) atoms. The van der Waals surface area contributed by atoms with Gasteiger partial charge in [-0.1, -0.05) is 12.1 Å². The molecule has 1 aromatic heterocycles. The third-order valence-electron chi connectivity index (χ3n) is 4.00. The second-order valence-electron chi connectivity index (χ2n) is 5.67. The molecule has 1 saturated carbocycles. The molecule has 0 saturated heterocycles. The van der Waals surface area contributed by atoms with Crippen LogP contribution in [0.4, 0.5) is 4.39 Å². The predicted octanol–water partition coefficient (Wildman–Crippen LogP) is 2.85. The van der Waals surface area contributed by atoms with Crippen LogP contribution in [0.1, 0.15) is 36.1 Å². The summed E-state index contributed by atoms with van der Waals surface area (Å²) in [5, 5.41) is 11.8. The highest BCUT2D eigenvalue weighted by molar-refractivity contribution is 5.83. The van der Waals surface area contributed by atoms with Crippen LogP contribution in [0.2, 0.25) is 0 Å². The Labute approximate surface area is 132 Å². The van der Waals surface area contributed by atoms with Crippen LogP contribution in [0.15, 0.2) is 47.1 Å². The maximum absolute atomic E-state index is 13.0. The van der Waals surface area contributed by atoms with E-state index in [1.54, 1.807) is 12.3 Å². The Hall–Kier alpha value is -2.63. The molecule has 0 aliphatic heterocycles. The van der Waals surface area contributed by atoms with Crippen LogP contribution in [0, 0.1) is 11.7 Å². The van der Waals surface area contributed by atoms with Crippen molar-refractivity contribution in [3.63, 3.8) is 0 Å². The first kappa shape index (κ1) is 15.3. The number of carboxylic acids is 1. The monoisotopic (exact) mass is 317 g/mol. The Morgan fingerprint density at radius 1 is 1.30 bits per heavy atom. The van der Waals surface area contributed by atoms with E-state index < -0.39 is 17.8 Å². The summed E-state index contributed by atoms with van der Waals surface area (Å²) >= 11 is 0. The van der Waals surface area contributed by atoms with Gasteiger partial charge >= 0.3 is 5.97 Å². The molecule has 1 aliphatic rings. The summed E-state index contributed by atoms with van der Waals surface area (Å²) < 4.78 is 18.3. The van der Waals surface area contributed by atoms with Crippen molar-refractivity contribution in [2.45, 2.75) is 24.8 Å². The van der Waals surface area contributed by atoms with E-state index in [4.69, 9.17) is 9.52 Å². The van der Waals surface area contributed by atoms with Crippen LogP contribution in [-0.2, 0) is 9.59 Å². The Balaban J connectivity index is 1.68. The summed E-state index contributed by atoms with van der Waals surface area (Å²) in [5.74, 6) is -1.04. The first-order chi connectivity index (χ1) is 11.0. The normalized spacial score (nSPS) is 20.7. The lowest BCUT2D eigenvalue weighted by Gasteiger charge is -2.17. The van der Waals surface area contributed by atoms with Crippen molar-refractivity contribution in [3.8, 4) is 0 Å². The number of hydrogen-bond acceptors (Lipinski definition) is 3. The molecular weight excluding hydrogens is 301 g/mol. The van der Waals surface area contributed by atoms with Gasteiger partial charge in [0.2, 0.25) is 5.91 Å². The quantitative estimate of drug-likeness (QED) is 0.858. The minimum Gasteiger partial charge on any atom is -0.481 e. The van der Waals surface area contributed by atoms with Gasteiger partial charge in [0.25, 0.3) is 0 Å². The Kier molecular flexibility index (Phi) is 4.14. The summed E-state index contributed by atoms with van der Waals surface area (Å²) in [5.41, 5.74) is 0.567. The molecule has 0 bridgehead atoms. The maximum atomic E-state index is 13.0. The third kappa shape index (κ3) is 3.59. The number of amides is 1. The number of benzene rings is 1. The third-order valence-corrected chi connectivity index (χ3v) is 4.00. The lowest BCUT2D eigenvalue weighted by Crippen LogP contribution is -2.31. The second-order valence-corrected chi connectivity index (χ2v) is 5.67. The first-order valence-electron chi connectivity index (χ1n) is 7.35. The van der Waals surface area contributed by atoms with E-state index in [1.165, 1.54) is 24.3 Å². The maximum Gasteiger partial charge on any atom is 0.305 e. The van der Waals surface area contributed by atoms with Gasteiger partial charge in [-0.25, -0.2) is 4.39 Å². The molecule has 2 aromatic rings. The summed E-state index contributed by atoms with van der Waals surface area (Å²) in [4.78, 5) is 23.4. The molecule has 1 aliphatic carbocycles. The van der Waals surface area contributed by atoms with E-state index in [9.17, 15) is 14.0 Å². The van der Waals surface area contributed by atoms with E-state index in [0.29, 0.717) is 12.0 Å². The summed E-state index contributed by atoms with van der Waals surface area (Å²) in [7, 11) is 0. The molecule has 2 N–H and O–H groups in total. The smallest absolute Gasteiger partial charge is 0.305 e. The molecule has 1 aromatic carbocycles. The van der Waals surface area contributed by atoms with Gasteiger partial charge in [0.05, 0.1) is 18.7 Å². The van der Waals surface area contributed by atoms with Gasteiger partial charge in [-0.3, -0.25) is 9.59 Å². The standard InChI is InChI=1S/C17H16FNO4/c18-11-5-3-10(4-6-11)14(9-16(20)21)19-17(22)13-8-12(13)15-2-1-7-23-15/h1-7,12-14H,8-9H2,(H,19,22)(H,20,21)/t12-,13+,14+/m1/s1. The minimum atomic E-state index is -1.03. The van der Waals surface area contributed by atoms with Gasteiger partial charge in [-0.2, -0.15) is 0 Å². The molecule has 3 atom stereocenters. The van der Waals surface area contributed by atoms with Gasteiger partial charge in [0.15, 0.2) is 0 Å². The molecule has 0 radical (unpaired) electrons. The Morgan fingerprint density at radius 2 is 2.04 bits per heavy atom. The highest BCUT2D eigenvalue weighted by atomic mass is 19.1. The number of carboxylic acid groups (broad SMARTS) is 1. The van der Waals surface area contributed by atoms with Crippen LogP contribution in [0.25, 0.3) is 0 Å². The molecule has 120 valence electrons. The van der Waals surface area contributed by atoms with Crippen molar-refractivity contribution in [3.05, 3.63) is 59.8 Å². The topological polar surface area (TPSA) is 79.5 Å². The van der Waals surface area contributed by atoms with E-state index in [2.05, 4.69) is 5.32 Å². The fourth-order valence-electron chi connectivity index (χ4n) is 2.70. The SMILES string of the molecule is O=C(O)C[C@H](NC(=O)[C@H]1C[C@H]1c1ccco1)c1ccc(F)cc1. The van der Waals surface area contributed by atoms with Crippen molar-refractivity contribution in [2.75, 3.05) is 0 Å². The average Bonchev–Trinajstić information content (AvgIpc) is 3.13. The van der Waals surface area contributed by atoms with E-state index >= 15 is 0 Å². The minimum absolute atomic E-state index is 0.0451. The summed E-state index contributed by atoms with van der Waals surface area (Å²) in [6, 6.07) is 8.39. The van der Waals surface area contributed by atoms with Crippen LogP contribution in [0.3, 0.4) is 0 Å². The fourth-order valence-corrected chi connectivity index (χ4v) is 2.70. The van der Waals surface area contributed by atoms with Crippen LogP contribution >= 0.6 is 0 Å². The number of nitrogens with one attached hydrogen (secondary N) is 1. The Bertz CT molecular complexity index is 696. The van der Waals surface area contributed by atoms with Gasteiger partial charge in [0.1, 0.15) is 11.6 Å². The largest absolute Gasteiger partial charge is 0.481 e. The number of hydrogen-bond donors (Lipinski definition) is 2. The van der Waals surface area contributed by atoms with Crippen LogP contribution in [0.5, 0.6) is 0 Å². The lowest BCUT2D eigenvalue weighted by atomic mass is 10.0. The molecular formula is C17H16FNO4. The van der Waals surface area contributed by atoms with Crippen molar-refractivity contribution < 1.29 is 23.5 Å². The van der Waals surface area contributed by atoms with Gasteiger partial charge in [0, 0.05) is 11.8 Å². The van der Waals surface area contributed by atoms with E-state index in [-0.39, 0.29) is 24.2 Å². The molecule has 3 rings (SSSR count). The van der Waals surface area contributed by atoms with Crippen molar-refractivity contribution in [2.24, 2.45) is 5.92 Å². The summed E-state index contributed by atoms with van der Waals surface area (Å²) in [6.45, 7) is 0. The highest BCUT2D eigenvalue weighted by Crippen LogP contribution is 2.48. The fraction of sp³-hybridized carbons (Fsp3) is 0.294. The van der Waals surface area contributed by atoms with Crippen molar-refractivity contribution >= 4 is 11.9 Å². The Morgan fingerprint density at radius 3 is 2.65 bits per heavy atom. The first-order valence-corrected chi connectivity index (χ1v) is 7.35. The zero-order chi connectivity index (χ0) is 16.4. The number of carbonyl (C=O) groups is 2. The van der Waals surface area contributed by atoms with E-state index in [0.717, 1.165) is 5.76 Å². The van der Waals surface area contributed by atoms with Gasteiger partial charge in [-0.15, -0.1) is 0 Å². The number of rotatable bonds is 6. The molecule has 1 heterocycles. The second kappa shape index (κ2) is 6.24. The summed E-state index contributed by atoms with van der Waals surface area (Å²) in [6.07, 6.45) is 1.99. The lowest BCUT2D eigenvalue weighted by molar-refractivity contribution is -0.137. The van der Waals surface area contributed by atoms with Gasteiger partial charge < -0.3 is 14.8 Å². The molecule has 1 amide bonds. The van der Waals surface area contributed by atoms with Crippen molar-refractivity contribution in [1.82, 2.24) is 5.32 Å². The van der Waals surface area contributed by atoms with Crippen LogP contribution < -0.4 is 5.32 Å². The number of halogens is 1. The van der Waals surface area contributed by atoms with Crippen molar-refractivity contribution in [1.29, 1.82) is 0 Å². The number of carbonyl (C=O) groups excluding carboxylic acids is 1. The van der Waals surface area contributed by atoms with E-state index in [1.807, 2.05) is 6.07 Å². The molecule has 0 spiro atoms. The molecule has 6 heteroatoms. The van der Waals surface area contributed by atoms with Crippen LogP contribution in [-0.4, -0.2) is 17.0 Å². The predicted molar refractivity (Wildman–Crippen MR) is 79.1 cm³/mol.